The quantitative estimate of drug-likeness (QED) is 0.895. The van der Waals surface area contributed by atoms with Crippen LogP contribution in [0.2, 0.25) is 0 Å². The average molecular weight is 346 g/mol. The zero-order valence-corrected chi connectivity index (χ0v) is 11.5. The molecule has 0 bridgehead atoms. The summed E-state index contributed by atoms with van der Waals surface area (Å²) in [7, 11) is 0. The minimum atomic E-state index is 0.715. The lowest BCUT2D eigenvalue weighted by atomic mass is 10.3. The smallest absolute Gasteiger partial charge is 0.0684 e. The molecule has 0 unspecified atom stereocenters. The maximum Gasteiger partial charge on any atom is 0.0684 e. The molecular formula is C10H10Br2N4. The first-order valence-electron chi connectivity index (χ1n) is 4.74. The van der Waals surface area contributed by atoms with E-state index in [-0.39, 0.29) is 0 Å². The van der Waals surface area contributed by atoms with Crippen LogP contribution in [-0.2, 0) is 13.1 Å². The Hall–Kier alpha value is -0.720. The summed E-state index contributed by atoms with van der Waals surface area (Å²) in [6.07, 6.45) is 3.53. The van der Waals surface area contributed by atoms with Crippen molar-refractivity contribution in [3.8, 4) is 0 Å². The largest absolute Gasteiger partial charge is 0.305 e. The molecule has 16 heavy (non-hydrogen) atoms. The lowest BCUT2D eigenvalue weighted by molar-refractivity contribution is 0.663. The second-order valence-corrected chi connectivity index (χ2v) is 5.04. The molecular weight excluding hydrogens is 336 g/mol. The molecule has 2 N–H and O–H groups in total. The van der Waals surface area contributed by atoms with Gasteiger partial charge in [0.1, 0.15) is 0 Å². The Labute approximate surface area is 110 Å². The summed E-state index contributed by atoms with van der Waals surface area (Å²) in [4.78, 5) is 4.31. The molecule has 0 amide bonds. The van der Waals surface area contributed by atoms with Crippen molar-refractivity contribution in [2.75, 3.05) is 0 Å². The highest BCUT2D eigenvalue weighted by molar-refractivity contribution is 9.11. The SMILES string of the molecule is Brc1cnc(CNCc2ccn[nH]2)c(Br)c1. The van der Waals surface area contributed by atoms with E-state index in [0.717, 1.165) is 26.9 Å². The molecule has 6 heteroatoms. The molecule has 0 saturated heterocycles. The topological polar surface area (TPSA) is 53.6 Å². The maximum atomic E-state index is 4.31. The van der Waals surface area contributed by atoms with Crippen LogP contribution in [0.1, 0.15) is 11.4 Å². The van der Waals surface area contributed by atoms with Crippen molar-refractivity contribution in [3.63, 3.8) is 0 Å². The Kier molecular flexibility index (Phi) is 4.09. The van der Waals surface area contributed by atoms with Gasteiger partial charge in [-0.15, -0.1) is 0 Å². The molecule has 2 rings (SSSR count). The molecule has 0 atom stereocenters. The fourth-order valence-corrected chi connectivity index (χ4v) is 2.40. The molecule has 0 fully saturated rings. The van der Waals surface area contributed by atoms with Crippen LogP contribution in [0.5, 0.6) is 0 Å². The van der Waals surface area contributed by atoms with E-state index in [4.69, 9.17) is 0 Å². The third-order valence-electron chi connectivity index (χ3n) is 2.05. The molecule has 2 aromatic heterocycles. The van der Waals surface area contributed by atoms with Gasteiger partial charge in [-0.25, -0.2) is 0 Å². The molecule has 2 aromatic rings. The highest BCUT2D eigenvalue weighted by Gasteiger charge is 2.02. The van der Waals surface area contributed by atoms with Crippen molar-refractivity contribution in [1.29, 1.82) is 0 Å². The summed E-state index contributed by atoms with van der Waals surface area (Å²) in [5.74, 6) is 0. The molecule has 2 heterocycles. The number of halogens is 2. The maximum absolute atomic E-state index is 4.31. The monoisotopic (exact) mass is 344 g/mol. The second kappa shape index (κ2) is 5.56. The van der Waals surface area contributed by atoms with Crippen LogP contribution in [-0.4, -0.2) is 15.2 Å². The summed E-state index contributed by atoms with van der Waals surface area (Å²) in [5, 5.41) is 10.1. The van der Waals surface area contributed by atoms with Gasteiger partial charge in [0.25, 0.3) is 0 Å². The van der Waals surface area contributed by atoms with Gasteiger partial charge in [-0.1, -0.05) is 0 Å². The van der Waals surface area contributed by atoms with Crippen molar-refractivity contribution in [1.82, 2.24) is 20.5 Å². The summed E-state index contributed by atoms with van der Waals surface area (Å²) >= 11 is 6.84. The minimum absolute atomic E-state index is 0.715. The van der Waals surface area contributed by atoms with Crippen LogP contribution in [0.3, 0.4) is 0 Å². The lowest BCUT2D eigenvalue weighted by Gasteiger charge is -2.05. The van der Waals surface area contributed by atoms with E-state index in [9.17, 15) is 0 Å². The van der Waals surface area contributed by atoms with Gasteiger partial charge in [0.05, 0.1) is 5.69 Å². The van der Waals surface area contributed by atoms with E-state index < -0.39 is 0 Å². The van der Waals surface area contributed by atoms with Crippen molar-refractivity contribution < 1.29 is 0 Å². The molecule has 0 spiro atoms. The van der Waals surface area contributed by atoms with E-state index in [0.29, 0.717) is 6.54 Å². The number of hydrogen-bond donors (Lipinski definition) is 2. The summed E-state index contributed by atoms with van der Waals surface area (Å²) < 4.78 is 1.97. The van der Waals surface area contributed by atoms with Crippen LogP contribution >= 0.6 is 31.9 Å². The number of aromatic amines is 1. The summed E-state index contributed by atoms with van der Waals surface area (Å²) in [6, 6.07) is 3.93. The highest BCUT2D eigenvalue weighted by Crippen LogP contribution is 2.19. The van der Waals surface area contributed by atoms with E-state index in [1.165, 1.54) is 0 Å². The fraction of sp³-hybridized carbons (Fsp3) is 0.200. The van der Waals surface area contributed by atoms with Gasteiger partial charge in [0, 0.05) is 40.1 Å². The first-order valence-corrected chi connectivity index (χ1v) is 6.33. The van der Waals surface area contributed by atoms with Crippen molar-refractivity contribution in [3.05, 3.63) is 44.9 Å². The van der Waals surface area contributed by atoms with Gasteiger partial charge in [0.2, 0.25) is 0 Å². The van der Waals surface area contributed by atoms with Gasteiger partial charge in [-0.3, -0.25) is 10.1 Å². The van der Waals surface area contributed by atoms with Crippen LogP contribution in [0, 0.1) is 0 Å². The Morgan fingerprint density at radius 2 is 2.19 bits per heavy atom. The summed E-state index contributed by atoms with van der Waals surface area (Å²) in [6.45, 7) is 1.47. The Bertz CT molecular complexity index is 456. The third-order valence-corrected chi connectivity index (χ3v) is 3.17. The predicted octanol–water partition coefficient (Wildman–Crippen LogP) is 2.62. The van der Waals surface area contributed by atoms with Gasteiger partial charge >= 0.3 is 0 Å². The molecule has 0 aliphatic carbocycles. The fourth-order valence-electron chi connectivity index (χ4n) is 1.27. The predicted molar refractivity (Wildman–Crippen MR) is 68.8 cm³/mol. The van der Waals surface area contributed by atoms with E-state index in [1.807, 2.05) is 12.1 Å². The van der Waals surface area contributed by atoms with Crippen molar-refractivity contribution >= 4 is 31.9 Å². The molecule has 0 aliphatic heterocycles. The number of aromatic nitrogens is 3. The standard InChI is InChI=1S/C10H10Br2N4/c11-7-3-9(12)10(14-4-7)6-13-5-8-1-2-15-16-8/h1-4,13H,5-6H2,(H,15,16). The number of nitrogens with one attached hydrogen (secondary N) is 2. The Morgan fingerprint density at radius 3 is 2.88 bits per heavy atom. The van der Waals surface area contributed by atoms with Crippen LogP contribution < -0.4 is 5.32 Å². The van der Waals surface area contributed by atoms with E-state index in [2.05, 4.69) is 52.4 Å². The van der Waals surface area contributed by atoms with Gasteiger partial charge in [0.15, 0.2) is 0 Å². The van der Waals surface area contributed by atoms with Crippen LogP contribution in [0.15, 0.2) is 33.5 Å². The van der Waals surface area contributed by atoms with Crippen molar-refractivity contribution in [2.24, 2.45) is 0 Å². The molecule has 4 nitrogen and oxygen atoms in total. The Balaban J connectivity index is 1.90. The third kappa shape index (κ3) is 3.13. The van der Waals surface area contributed by atoms with Gasteiger partial charge < -0.3 is 5.32 Å². The lowest BCUT2D eigenvalue weighted by Crippen LogP contribution is -2.14. The van der Waals surface area contributed by atoms with Gasteiger partial charge in [-0.2, -0.15) is 5.10 Å². The van der Waals surface area contributed by atoms with Crippen molar-refractivity contribution in [2.45, 2.75) is 13.1 Å². The highest BCUT2D eigenvalue weighted by atomic mass is 79.9. The van der Waals surface area contributed by atoms with Gasteiger partial charge in [-0.05, 0) is 44.0 Å². The normalized spacial score (nSPS) is 10.6. The second-order valence-electron chi connectivity index (χ2n) is 3.27. The number of pyridine rings is 1. The molecule has 0 radical (unpaired) electrons. The number of H-pyrrole nitrogens is 1. The number of rotatable bonds is 4. The molecule has 0 aromatic carbocycles. The minimum Gasteiger partial charge on any atom is -0.305 e. The average Bonchev–Trinajstić information content (AvgIpc) is 2.74. The zero-order valence-electron chi connectivity index (χ0n) is 8.37. The number of hydrogen-bond acceptors (Lipinski definition) is 3. The van der Waals surface area contributed by atoms with Crippen LogP contribution in [0.25, 0.3) is 0 Å². The van der Waals surface area contributed by atoms with Crippen LogP contribution in [0.4, 0.5) is 0 Å². The summed E-state index contributed by atoms with van der Waals surface area (Å²) in [5.41, 5.74) is 2.05. The number of nitrogens with zero attached hydrogens (tertiary/aromatic N) is 2. The first-order chi connectivity index (χ1) is 7.75. The first kappa shape index (κ1) is 11.8. The van der Waals surface area contributed by atoms with E-state index >= 15 is 0 Å². The zero-order chi connectivity index (χ0) is 11.4. The molecule has 0 aliphatic rings. The molecule has 0 saturated carbocycles. The Morgan fingerprint density at radius 1 is 1.31 bits per heavy atom. The van der Waals surface area contributed by atoms with E-state index in [1.54, 1.807) is 12.4 Å². The molecule has 84 valence electrons.